The fraction of sp³-hybridized carbons (Fsp3) is 0.400. The van der Waals surface area contributed by atoms with Gasteiger partial charge in [-0.15, -0.1) is 0 Å². The van der Waals surface area contributed by atoms with Gasteiger partial charge in [0.25, 0.3) is 0 Å². The number of likely N-dealkylation sites (tertiary alicyclic amines) is 1. The number of carbonyl (C=O) groups is 1. The smallest absolute Gasteiger partial charge is 0.236 e. The molecular formula is C20H24ClN3O. The maximum atomic E-state index is 12.4. The number of halogens is 1. The van der Waals surface area contributed by atoms with Crippen LogP contribution in [0.1, 0.15) is 24.5 Å². The van der Waals surface area contributed by atoms with E-state index < -0.39 is 0 Å². The molecule has 1 fully saturated rings. The van der Waals surface area contributed by atoms with Gasteiger partial charge in [-0.25, -0.2) is 0 Å². The number of amides is 1. The van der Waals surface area contributed by atoms with Crippen molar-refractivity contribution in [2.24, 2.45) is 0 Å². The van der Waals surface area contributed by atoms with Crippen molar-refractivity contribution in [2.75, 3.05) is 33.7 Å². The Morgan fingerprint density at radius 3 is 2.84 bits per heavy atom. The number of likely N-dealkylation sites (N-methyl/N-ethyl adjacent to an activating group) is 1. The molecule has 1 atom stereocenters. The molecule has 132 valence electrons. The molecule has 1 amide bonds. The Hall–Kier alpha value is -1.91. The predicted octanol–water partition coefficient (Wildman–Crippen LogP) is 3.67. The van der Waals surface area contributed by atoms with Crippen LogP contribution in [0.3, 0.4) is 0 Å². The van der Waals surface area contributed by atoms with Gasteiger partial charge in [-0.3, -0.25) is 9.78 Å². The van der Waals surface area contributed by atoms with Crippen molar-refractivity contribution in [3.8, 4) is 11.3 Å². The van der Waals surface area contributed by atoms with Gasteiger partial charge in [-0.05, 0) is 51.2 Å². The molecule has 2 aromatic rings. The molecule has 5 heteroatoms. The molecule has 1 aliphatic heterocycles. The fourth-order valence-corrected chi connectivity index (χ4v) is 3.49. The lowest BCUT2D eigenvalue weighted by Crippen LogP contribution is -2.43. The maximum absolute atomic E-state index is 12.4. The molecular weight excluding hydrogens is 334 g/mol. The van der Waals surface area contributed by atoms with Crippen LogP contribution in [0, 0.1) is 0 Å². The first-order valence-electron chi connectivity index (χ1n) is 8.68. The Morgan fingerprint density at radius 2 is 2.08 bits per heavy atom. The number of hydrogen-bond acceptors (Lipinski definition) is 3. The monoisotopic (exact) mass is 357 g/mol. The molecule has 0 bridgehead atoms. The van der Waals surface area contributed by atoms with Crippen LogP contribution in [0.4, 0.5) is 0 Å². The average molecular weight is 358 g/mol. The number of carbonyl (C=O) groups excluding carboxylic acids is 1. The average Bonchev–Trinajstić information content (AvgIpc) is 2.61. The summed E-state index contributed by atoms with van der Waals surface area (Å²) in [5.41, 5.74) is 3.00. The first-order valence-corrected chi connectivity index (χ1v) is 9.06. The van der Waals surface area contributed by atoms with Crippen molar-refractivity contribution < 1.29 is 4.79 Å². The minimum absolute atomic E-state index is 0.195. The first-order chi connectivity index (χ1) is 12.0. The SMILES string of the molecule is CN(C)CC(=O)N1CCC[C@H](c2cccc(-c3cccc(Cl)c3)n2)C1. The molecule has 25 heavy (non-hydrogen) atoms. The van der Waals surface area contributed by atoms with E-state index in [1.807, 2.05) is 60.3 Å². The molecule has 1 aromatic heterocycles. The fourth-order valence-electron chi connectivity index (χ4n) is 3.30. The molecule has 0 spiro atoms. The highest BCUT2D eigenvalue weighted by molar-refractivity contribution is 6.30. The molecule has 0 radical (unpaired) electrons. The summed E-state index contributed by atoms with van der Waals surface area (Å²) in [6.07, 6.45) is 2.09. The van der Waals surface area contributed by atoms with E-state index in [-0.39, 0.29) is 5.91 Å². The first kappa shape index (κ1) is 17.9. The second-order valence-corrected chi connectivity index (χ2v) is 7.31. The Balaban J connectivity index is 1.77. The summed E-state index contributed by atoms with van der Waals surface area (Å²) in [5, 5.41) is 0.711. The summed E-state index contributed by atoms with van der Waals surface area (Å²) < 4.78 is 0. The topological polar surface area (TPSA) is 36.4 Å². The highest BCUT2D eigenvalue weighted by Crippen LogP contribution is 2.28. The quantitative estimate of drug-likeness (QED) is 0.837. The van der Waals surface area contributed by atoms with Gasteiger partial charge in [0.15, 0.2) is 0 Å². The highest BCUT2D eigenvalue weighted by Gasteiger charge is 2.25. The maximum Gasteiger partial charge on any atom is 0.236 e. The van der Waals surface area contributed by atoms with E-state index in [2.05, 4.69) is 6.07 Å². The molecule has 4 nitrogen and oxygen atoms in total. The third-order valence-corrected chi connectivity index (χ3v) is 4.77. The molecule has 1 aliphatic rings. The van der Waals surface area contributed by atoms with Crippen molar-refractivity contribution >= 4 is 17.5 Å². The van der Waals surface area contributed by atoms with Crippen LogP contribution in [0.15, 0.2) is 42.5 Å². The van der Waals surface area contributed by atoms with Crippen molar-refractivity contribution in [1.82, 2.24) is 14.8 Å². The third-order valence-electron chi connectivity index (χ3n) is 4.53. The van der Waals surface area contributed by atoms with E-state index >= 15 is 0 Å². The molecule has 0 unspecified atom stereocenters. The third kappa shape index (κ3) is 4.59. The zero-order valence-electron chi connectivity index (χ0n) is 14.8. The number of nitrogens with zero attached hydrogens (tertiary/aromatic N) is 3. The number of piperidine rings is 1. The lowest BCUT2D eigenvalue weighted by Gasteiger charge is -2.33. The number of benzene rings is 1. The van der Waals surface area contributed by atoms with Crippen LogP contribution in [-0.4, -0.2) is 54.4 Å². The van der Waals surface area contributed by atoms with Gasteiger partial charge in [-0.1, -0.05) is 29.8 Å². The predicted molar refractivity (Wildman–Crippen MR) is 102 cm³/mol. The van der Waals surface area contributed by atoms with Gasteiger partial charge in [-0.2, -0.15) is 0 Å². The Bertz CT molecular complexity index is 747. The molecule has 0 aliphatic carbocycles. The summed E-state index contributed by atoms with van der Waals surface area (Å²) in [5.74, 6) is 0.486. The Labute approximate surface area is 154 Å². The molecule has 0 N–H and O–H groups in total. The van der Waals surface area contributed by atoms with E-state index in [9.17, 15) is 4.79 Å². The van der Waals surface area contributed by atoms with E-state index in [4.69, 9.17) is 16.6 Å². The lowest BCUT2D eigenvalue weighted by molar-refractivity contribution is -0.133. The Kier molecular flexibility index (Phi) is 5.71. The van der Waals surface area contributed by atoms with Gasteiger partial charge in [0.1, 0.15) is 0 Å². The minimum Gasteiger partial charge on any atom is -0.341 e. The standard InChI is InChI=1S/C20H24ClN3O/c1-23(2)14-20(25)24-11-5-7-16(13-24)19-10-4-9-18(22-19)15-6-3-8-17(21)12-15/h3-4,6,8-10,12,16H,5,7,11,13-14H2,1-2H3/t16-/m0/s1. The number of hydrogen-bond donors (Lipinski definition) is 0. The number of aromatic nitrogens is 1. The van der Waals surface area contributed by atoms with Crippen LogP contribution in [0.2, 0.25) is 5.02 Å². The van der Waals surface area contributed by atoms with Crippen molar-refractivity contribution in [3.63, 3.8) is 0 Å². The van der Waals surface area contributed by atoms with Crippen molar-refractivity contribution in [3.05, 3.63) is 53.2 Å². The molecule has 3 rings (SSSR count). The van der Waals surface area contributed by atoms with Gasteiger partial charge in [0.05, 0.1) is 12.2 Å². The molecule has 0 saturated carbocycles. The van der Waals surface area contributed by atoms with Crippen LogP contribution >= 0.6 is 11.6 Å². The van der Waals surface area contributed by atoms with Crippen LogP contribution in [0.5, 0.6) is 0 Å². The summed E-state index contributed by atoms with van der Waals surface area (Å²) in [6.45, 7) is 2.05. The number of pyridine rings is 1. The zero-order chi connectivity index (χ0) is 17.8. The van der Waals surface area contributed by atoms with Gasteiger partial charge in [0.2, 0.25) is 5.91 Å². The molecule has 1 saturated heterocycles. The molecule has 2 heterocycles. The van der Waals surface area contributed by atoms with Crippen LogP contribution in [-0.2, 0) is 4.79 Å². The Morgan fingerprint density at radius 1 is 1.28 bits per heavy atom. The van der Waals surface area contributed by atoms with Crippen molar-refractivity contribution in [1.29, 1.82) is 0 Å². The van der Waals surface area contributed by atoms with E-state index in [1.165, 1.54) is 0 Å². The largest absolute Gasteiger partial charge is 0.341 e. The van der Waals surface area contributed by atoms with Crippen LogP contribution < -0.4 is 0 Å². The molecule has 1 aromatic carbocycles. The lowest BCUT2D eigenvalue weighted by atomic mass is 9.93. The van der Waals surface area contributed by atoms with E-state index in [0.29, 0.717) is 17.5 Å². The van der Waals surface area contributed by atoms with Gasteiger partial charge >= 0.3 is 0 Å². The van der Waals surface area contributed by atoms with Gasteiger partial charge in [0, 0.05) is 35.3 Å². The second-order valence-electron chi connectivity index (χ2n) is 6.87. The summed E-state index contributed by atoms with van der Waals surface area (Å²) >= 11 is 6.10. The van der Waals surface area contributed by atoms with E-state index in [0.717, 1.165) is 42.9 Å². The summed E-state index contributed by atoms with van der Waals surface area (Å²) in [6, 6.07) is 13.9. The highest BCUT2D eigenvalue weighted by atomic mass is 35.5. The van der Waals surface area contributed by atoms with Crippen LogP contribution in [0.25, 0.3) is 11.3 Å². The summed E-state index contributed by atoms with van der Waals surface area (Å²) in [4.78, 5) is 21.1. The second kappa shape index (κ2) is 7.98. The summed E-state index contributed by atoms with van der Waals surface area (Å²) in [7, 11) is 3.85. The minimum atomic E-state index is 0.195. The van der Waals surface area contributed by atoms with Crippen molar-refractivity contribution in [2.45, 2.75) is 18.8 Å². The zero-order valence-corrected chi connectivity index (χ0v) is 15.5. The normalized spacial score (nSPS) is 17.8. The number of rotatable bonds is 4. The van der Waals surface area contributed by atoms with Gasteiger partial charge < -0.3 is 9.80 Å². The van der Waals surface area contributed by atoms with E-state index in [1.54, 1.807) is 0 Å².